The minimum absolute atomic E-state index is 0.0262. The second-order valence-electron chi connectivity index (χ2n) is 4.74. The number of aromatic nitrogens is 1. The van der Waals surface area contributed by atoms with Gasteiger partial charge in [0.25, 0.3) is 0 Å². The van der Waals surface area contributed by atoms with Crippen LogP contribution in [-0.4, -0.2) is 16.1 Å². The third-order valence-electron chi connectivity index (χ3n) is 2.98. The highest BCUT2D eigenvalue weighted by atomic mass is 35.5. The Kier molecular flexibility index (Phi) is 5.16. The van der Waals surface area contributed by atoms with Crippen molar-refractivity contribution in [1.82, 2.24) is 4.98 Å². The van der Waals surface area contributed by atoms with Crippen LogP contribution in [0.15, 0.2) is 18.2 Å². The van der Waals surface area contributed by atoms with Crippen molar-refractivity contribution in [3.8, 4) is 0 Å². The van der Waals surface area contributed by atoms with Crippen molar-refractivity contribution in [1.29, 1.82) is 0 Å². The molecule has 0 fully saturated rings. The van der Waals surface area contributed by atoms with Crippen molar-refractivity contribution < 1.29 is 23.1 Å². The first-order valence-corrected chi connectivity index (χ1v) is 7.68. The summed E-state index contributed by atoms with van der Waals surface area (Å²) >= 11 is 6.78. The molecule has 0 unspecified atom stereocenters. The largest absolute Gasteiger partial charge is 0.481 e. The number of carbonyl (C=O) groups is 1. The van der Waals surface area contributed by atoms with Crippen molar-refractivity contribution in [2.45, 2.75) is 25.9 Å². The molecule has 0 saturated heterocycles. The molecule has 2 aromatic rings. The van der Waals surface area contributed by atoms with Gasteiger partial charge in [0.05, 0.1) is 22.7 Å². The fraction of sp³-hybridized carbons (Fsp3) is 0.286. The van der Waals surface area contributed by atoms with Crippen LogP contribution in [0.2, 0.25) is 5.02 Å². The first kappa shape index (κ1) is 17.6. The number of hydrogen-bond donors (Lipinski definition) is 2. The fourth-order valence-electron chi connectivity index (χ4n) is 1.88. The number of carboxylic acid groups (broad SMARTS) is 1. The lowest BCUT2D eigenvalue weighted by Crippen LogP contribution is -2.06. The number of alkyl halides is 3. The fourth-order valence-corrected chi connectivity index (χ4v) is 3.08. The summed E-state index contributed by atoms with van der Waals surface area (Å²) in [7, 11) is 0. The maximum atomic E-state index is 12.8. The molecule has 0 bridgehead atoms. The predicted octanol–water partition coefficient (Wildman–Crippen LogP) is 4.88. The molecule has 1 heterocycles. The number of anilines is 2. The minimum Gasteiger partial charge on any atom is -0.481 e. The van der Waals surface area contributed by atoms with E-state index in [1.807, 2.05) is 0 Å². The van der Waals surface area contributed by atoms with Gasteiger partial charge in [0.2, 0.25) is 0 Å². The second kappa shape index (κ2) is 6.76. The standard InChI is InChI=1S/C14H12ClF3N2O2S/c1-7-11(4-5-12(21)22)23-13(19-7)20-8-2-3-10(15)9(6-8)14(16,17)18/h2-3,6H,4-5H2,1H3,(H,19,20)(H,21,22). The molecule has 0 spiro atoms. The molecule has 124 valence electrons. The number of halogens is 4. The zero-order valence-electron chi connectivity index (χ0n) is 11.9. The molecule has 4 nitrogen and oxygen atoms in total. The molecule has 2 N–H and O–H groups in total. The van der Waals surface area contributed by atoms with Gasteiger partial charge in [0.15, 0.2) is 5.13 Å². The van der Waals surface area contributed by atoms with Crippen LogP contribution in [0.5, 0.6) is 0 Å². The summed E-state index contributed by atoms with van der Waals surface area (Å²) in [5.74, 6) is -0.917. The monoisotopic (exact) mass is 364 g/mol. The Balaban J connectivity index is 2.20. The highest BCUT2D eigenvalue weighted by Gasteiger charge is 2.33. The number of hydrogen-bond acceptors (Lipinski definition) is 4. The lowest BCUT2D eigenvalue weighted by molar-refractivity contribution is -0.138. The normalized spacial score (nSPS) is 11.5. The van der Waals surface area contributed by atoms with Crippen LogP contribution in [0, 0.1) is 6.92 Å². The molecule has 9 heteroatoms. The number of benzene rings is 1. The van der Waals surface area contributed by atoms with E-state index in [4.69, 9.17) is 16.7 Å². The smallest absolute Gasteiger partial charge is 0.417 e. The molecule has 0 aliphatic carbocycles. The van der Waals surface area contributed by atoms with E-state index >= 15 is 0 Å². The molecule has 0 amide bonds. The van der Waals surface area contributed by atoms with E-state index in [2.05, 4.69) is 10.3 Å². The van der Waals surface area contributed by atoms with E-state index in [0.29, 0.717) is 17.2 Å². The molecular formula is C14H12ClF3N2O2S. The van der Waals surface area contributed by atoms with Gasteiger partial charge in [-0.1, -0.05) is 11.6 Å². The van der Waals surface area contributed by atoms with Gasteiger partial charge in [-0.3, -0.25) is 4.79 Å². The van der Waals surface area contributed by atoms with Crippen molar-refractivity contribution in [2.75, 3.05) is 5.32 Å². The Morgan fingerprint density at radius 3 is 2.74 bits per heavy atom. The van der Waals surface area contributed by atoms with E-state index in [-0.39, 0.29) is 17.1 Å². The third kappa shape index (κ3) is 4.59. The van der Waals surface area contributed by atoms with Gasteiger partial charge < -0.3 is 10.4 Å². The van der Waals surface area contributed by atoms with E-state index in [1.165, 1.54) is 23.5 Å². The number of nitrogens with one attached hydrogen (secondary N) is 1. The number of thiazole rings is 1. The Morgan fingerprint density at radius 2 is 2.13 bits per heavy atom. The van der Waals surface area contributed by atoms with Gasteiger partial charge >= 0.3 is 12.1 Å². The molecule has 1 aromatic carbocycles. The van der Waals surface area contributed by atoms with Crippen LogP contribution in [0.4, 0.5) is 24.0 Å². The summed E-state index contributed by atoms with van der Waals surface area (Å²) in [5.41, 5.74) is -0.0624. The minimum atomic E-state index is -4.54. The van der Waals surface area contributed by atoms with Crippen molar-refractivity contribution >= 4 is 39.7 Å². The van der Waals surface area contributed by atoms with Crippen molar-refractivity contribution in [2.24, 2.45) is 0 Å². The predicted molar refractivity (Wildman–Crippen MR) is 82.5 cm³/mol. The zero-order valence-corrected chi connectivity index (χ0v) is 13.4. The molecule has 23 heavy (non-hydrogen) atoms. The number of rotatable bonds is 5. The van der Waals surface area contributed by atoms with E-state index in [9.17, 15) is 18.0 Å². The van der Waals surface area contributed by atoms with Crippen molar-refractivity contribution in [3.05, 3.63) is 39.4 Å². The van der Waals surface area contributed by atoms with E-state index < -0.39 is 17.7 Å². The van der Waals surface area contributed by atoms with E-state index in [1.54, 1.807) is 6.92 Å². The lowest BCUT2D eigenvalue weighted by atomic mass is 10.2. The van der Waals surface area contributed by atoms with E-state index in [0.717, 1.165) is 10.9 Å². The molecule has 0 radical (unpaired) electrons. The number of carboxylic acids is 1. The third-order valence-corrected chi connectivity index (χ3v) is 4.44. The van der Waals surface area contributed by atoms with Gasteiger partial charge in [-0.05, 0) is 31.5 Å². The molecule has 1 aromatic heterocycles. The maximum absolute atomic E-state index is 12.8. The maximum Gasteiger partial charge on any atom is 0.417 e. The summed E-state index contributed by atoms with van der Waals surface area (Å²) in [6.45, 7) is 1.72. The Bertz CT molecular complexity index is 731. The van der Waals surface area contributed by atoms with Crippen LogP contribution in [0.3, 0.4) is 0 Å². The molecule has 0 saturated carbocycles. The number of aryl methyl sites for hydroxylation is 2. The van der Waals surface area contributed by atoms with Crippen LogP contribution in [-0.2, 0) is 17.4 Å². The Morgan fingerprint density at radius 1 is 1.43 bits per heavy atom. The molecule has 0 aliphatic heterocycles. The highest BCUT2D eigenvalue weighted by Crippen LogP contribution is 2.37. The van der Waals surface area contributed by atoms with Gasteiger partial charge in [-0.2, -0.15) is 13.2 Å². The first-order chi connectivity index (χ1) is 10.7. The Labute approximate surface area is 138 Å². The zero-order chi connectivity index (χ0) is 17.2. The summed E-state index contributed by atoms with van der Waals surface area (Å²) in [4.78, 5) is 15.6. The average Bonchev–Trinajstić information content (AvgIpc) is 2.77. The summed E-state index contributed by atoms with van der Waals surface area (Å²) in [6.07, 6.45) is -4.24. The lowest BCUT2D eigenvalue weighted by Gasteiger charge is -2.11. The van der Waals surface area contributed by atoms with Crippen LogP contribution in [0.25, 0.3) is 0 Å². The molecular weight excluding hydrogens is 353 g/mol. The second-order valence-corrected chi connectivity index (χ2v) is 6.23. The molecule has 2 rings (SSSR count). The van der Waals surface area contributed by atoms with Crippen LogP contribution < -0.4 is 5.32 Å². The van der Waals surface area contributed by atoms with Crippen LogP contribution >= 0.6 is 22.9 Å². The van der Waals surface area contributed by atoms with Gasteiger partial charge in [-0.15, -0.1) is 11.3 Å². The molecule has 0 atom stereocenters. The molecule has 0 aliphatic rings. The highest BCUT2D eigenvalue weighted by molar-refractivity contribution is 7.15. The average molecular weight is 365 g/mol. The van der Waals surface area contributed by atoms with Gasteiger partial charge in [0.1, 0.15) is 0 Å². The first-order valence-electron chi connectivity index (χ1n) is 6.48. The SMILES string of the molecule is Cc1nc(Nc2ccc(Cl)c(C(F)(F)F)c2)sc1CCC(=O)O. The van der Waals surface area contributed by atoms with Gasteiger partial charge in [0, 0.05) is 10.6 Å². The number of aliphatic carboxylic acids is 1. The number of nitrogens with zero attached hydrogens (tertiary/aromatic N) is 1. The quantitative estimate of drug-likeness (QED) is 0.793. The topological polar surface area (TPSA) is 62.2 Å². The van der Waals surface area contributed by atoms with Crippen LogP contribution in [0.1, 0.15) is 22.6 Å². The summed E-state index contributed by atoms with van der Waals surface area (Å²) in [6, 6.07) is 3.50. The van der Waals surface area contributed by atoms with Gasteiger partial charge in [-0.25, -0.2) is 4.98 Å². The van der Waals surface area contributed by atoms with Crippen molar-refractivity contribution in [3.63, 3.8) is 0 Å². The Hall–Kier alpha value is -1.80. The summed E-state index contributed by atoms with van der Waals surface area (Å²) in [5, 5.41) is 11.5. The summed E-state index contributed by atoms with van der Waals surface area (Å²) < 4.78 is 38.5.